The Labute approximate surface area is 154 Å². The topological polar surface area (TPSA) is 73.2 Å². The number of carbonyl (C=O) groups excluding carboxylic acids is 2. The van der Waals surface area contributed by atoms with Gasteiger partial charge in [-0.3, -0.25) is 9.59 Å². The third-order valence-electron chi connectivity index (χ3n) is 3.93. The largest absolute Gasteiger partial charge is 0.326 e. The molecule has 1 saturated heterocycles. The SMILES string of the molecule is N#Cc1ccc(N2CC(C(=O)Nc3cc(Cl)cc(Cl)c3)CC2=O)cc1. The summed E-state index contributed by atoms with van der Waals surface area (Å²) >= 11 is 11.8. The van der Waals surface area contributed by atoms with Crippen LogP contribution >= 0.6 is 23.2 Å². The number of halogens is 2. The van der Waals surface area contributed by atoms with Gasteiger partial charge in [0, 0.05) is 34.4 Å². The van der Waals surface area contributed by atoms with Crippen LogP contribution < -0.4 is 10.2 Å². The number of carbonyl (C=O) groups is 2. The molecule has 2 aromatic rings. The quantitative estimate of drug-likeness (QED) is 0.887. The van der Waals surface area contributed by atoms with Crippen molar-refractivity contribution in [2.75, 3.05) is 16.8 Å². The highest BCUT2D eigenvalue weighted by molar-refractivity contribution is 6.35. The number of nitrogens with zero attached hydrogens (tertiary/aromatic N) is 2. The minimum absolute atomic E-state index is 0.125. The minimum atomic E-state index is -0.471. The van der Waals surface area contributed by atoms with Gasteiger partial charge in [-0.05, 0) is 42.5 Å². The molecule has 1 fully saturated rings. The van der Waals surface area contributed by atoms with Gasteiger partial charge in [0.2, 0.25) is 11.8 Å². The summed E-state index contributed by atoms with van der Waals surface area (Å²) in [6.45, 7) is 0.283. The van der Waals surface area contributed by atoms with Gasteiger partial charge in [0.1, 0.15) is 0 Å². The molecule has 5 nitrogen and oxygen atoms in total. The van der Waals surface area contributed by atoms with Gasteiger partial charge < -0.3 is 10.2 Å². The molecular formula is C18H13Cl2N3O2. The van der Waals surface area contributed by atoms with Crippen molar-refractivity contribution in [3.8, 4) is 6.07 Å². The van der Waals surface area contributed by atoms with E-state index in [0.29, 0.717) is 27.0 Å². The summed E-state index contributed by atoms with van der Waals surface area (Å²) in [7, 11) is 0. The monoisotopic (exact) mass is 373 g/mol. The van der Waals surface area contributed by atoms with Crippen LogP contribution in [0.3, 0.4) is 0 Å². The van der Waals surface area contributed by atoms with E-state index >= 15 is 0 Å². The lowest BCUT2D eigenvalue weighted by Crippen LogP contribution is -2.28. The Balaban J connectivity index is 1.70. The lowest BCUT2D eigenvalue weighted by atomic mass is 10.1. The van der Waals surface area contributed by atoms with Gasteiger partial charge in [-0.1, -0.05) is 23.2 Å². The smallest absolute Gasteiger partial charge is 0.229 e. The third kappa shape index (κ3) is 3.93. The van der Waals surface area contributed by atoms with Gasteiger partial charge in [-0.25, -0.2) is 0 Å². The molecule has 0 radical (unpaired) electrons. The summed E-state index contributed by atoms with van der Waals surface area (Å²) in [5, 5.41) is 12.4. The number of amides is 2. The lowest BCUT2D eigenvalue weighted by molar-refractivity contribution is -0.122. The molecule has 25 heavy (non-hydrogen) atoms. The van der Waals surface area contributed by atoms with Crippen molar-refractivity contribution in [1.82, 2.24) is 0 Å². The summed E-state index contributed by atoms with van der Waals surface area (Å²) in [6, 6.07) is 13.5. The number of hydrogen-bond acceptors (Lipinski definition) is 3. The summed E-state index contributed by atoms with van der Waals surface area (Å²) in [4.78, 5) is 26.2. The van der Waals surface area contributed by atoms with E-state index in [1.165, 1.54) is 0 Å². The fraction of sp³-hybridized carbons (Fsp3) is 0.167. The number of nitrogens with one attached hydrogen (secondary N) is 1. The number of benzene rings is 2. The van der Waals surface area contributed by atoms with Crippen molar-refractivity contribution in [3.05, 3.63) is 58.1 Å². The molecule has 3 rings (SSSR count). The van der Waals surface area contributed by atoms with E-state index in [0.717, 1.165) is 0 Å². The molecular weight excluding hydrogens is 361 g/mol. The Hall–Kier alpha value is -2.55. The molecule has 1 heterocycles. The Morgan fingerprint density at radius 2 is 1.80 bits per heavy atom. The van der Waals surface area contributed by atoms with Crippen molar-refractivity contribution in [3.63, 3.8) is 0 Å². The molecule has 7 heteroatoms. The number of anilines is 2. The zero-order valence-electron chi connectivity index (χ0n) is 13.0. The maximum Gasteiger partial charge on any atom is 0.229 e. The Morgan fingerprint density at radius 3 is 2.40 bits per heavy atom. The molecule has 0 saturated carbocycles. The highest BCUT2D eigenvalue weighted by Gasteiger charge is 2.35. The van der Waals surface area contributed by atoms with E-state index < -0.39 is 5.92 Å². The normalized spacial score (nSPS) is 16.6. The van der Waals surface area contributed by atoms with E-state index in [1.54, 1.807) is 47.4 Å². The van der Waals surface area contributed by atoms with Crippen LogP contribution in [0.25, 0.3) is 0 Å². The lowest BCUT2D eigenvalue weighted by Gasteiger charge is -2.16. The van der Waals surface area contributed by atoms with Crippen LogP contribution in [0.4, 0.5) is 11.4 Å². The van der Waals surface area contributed by atoms with E-state index in [4.69, 9.17) is 28.5 Å². The molecule has 1 atom stereocenters. The molecule has 0 aromatic heterocycles. The molecule has 1 N–H and O–H groups in total. The average molecular weight is 374 g/mol. The molecule has 1 unspecified atom stereocenters. The number of hydrogen-bond donors (Lipinski definition) is 1. The fourth-order valence-corrected chi connectivity index (χ4v) is 3.25. The second-order valence-corrected chi connectivity index (χ2v) is 6.58. The first-order valence-corrected chi connectivity index (χ1v) is 8.29. The molecule has 1 aliphatic rings. The van der Waals surface area contributed by atoms with Gasteiger partial charge in [-0.15, -0.1) is 0 Å². The Bertz CT molecular complexity index is 855. The summed E-state index contributed by atoms with van der Waals surface area (Å²) in [5.41, 5.74) is 1.68. The molecule has 2 aromatic carbocycles. The van der Waals surface area contributed by atoms with E-state index in [-0.39, 0.29) is 24.8 Å². The van der Waals surface area contributed by atoms with Gasteiger partial charge in [0.25, 0.3) is 0 Å². The number of rotatable bonds is 3. The second kappa shape index (κ2) is 7.14. The molecule has 0 aliphatic carbocycles. The molecule has 0 bridgehead atoms. The van der Waals surface area contributed by atoms with Crippen LogP contribution in [-0.4, -0.2) is 18.4 Å². The highest BCUT2D eigenvalue weighted by Crippen LogP contribution is 2.27. The third-order valence-corrected chi connectivity index (χ3v) is 4.37. The zero-order chi connectivity index (χ0) is 18.0. The van der Waals surface area contributed by atoms with Crippen LogP contribution in [0.15, 0.2) is 42.5 Å². The maximum absolute atomic E-state index is 12.4. The summed E-state index contributed by atoms with van der Waals surface area (Å²) < 4.78 is 0. The Morgan fingerprint density at radius 1 is 1.16 bits per heavy atom. The van der Waals surface area contributed by atoms with E-state index in [1.807, 2.05) is 6.07 Å². The number of nitriles is 1. The van der Waals surface area contributed by atoms with E-state index in [9.17, 15) is 9.59 Å². The first kappa shape index (κ1) is 17.3. The first-order valence-electron chi connectivity index (χ1n) is 7.54. The standard InChI is InChI=1S/C18H13Cl2N3O2/c19-13-6-14(20)8-15(7-13)22-18(25)12-5-17(24)23(10-12)16-3-1-11(9-21)2-4-16/h1-4,6-8,12H,5,10H2,(H,22,25). The van der Waals surface area contributed by atoms with Gasteiger partial charge in [0.05, 0.1) is 17.6 Å². The predicted octanol–water partition coefficient (Wildman–Crippen LogP) is 3.86. The Kier molecular flexibility index (Phi) is 4.93. The van der Waals surface area contributed by atoms with Crippen molar-refractivity contribution in [2.24, 2.45) is 5.92 Å². The molecule has 0 spiro atoms. The predicted molar refractivity (Wildman–Crippen MR) is 96.7 cm³/mol. The van der Waals surface area contributed by atoms with Crippen LogP contribution in [0.2, 0.25) is 10.0 Å². The van der Waals surface area contributed by atoms with E-state index in [2.05, 4.69) is 5.32 Å². The molecule has 1 aliphatic heterocycles. The second-order valence-electron chi connectivity index (χ2n) is 5.71. The molecule has 126 valence electrons. The van der Waals surface area contributed by atoms with Gasteiger partial charge in [0.15, 0.2) is 0 Å². The van der Waals surface area contributed by atoms with Crippen LogP contribution in [0.1, 0.15) is 12.0 Å². The maximum atomic E-state index is 12.4. The summed E-state index contributed by atoms with van der Waals surface area (Å²) in [5.74, 6) is -0.863. The van der Waals surface area contributed by atoms with Gasteiger partial charge in [-0.2, -0.15) is 5.26 Å². The van der Waals surface area contributed by atoms with Crippen molar-refractivity contribution in [2.45, 2.75) is 6.42 Å². The first-order chi connectivity index (χ1) is 12.0. The van der Waals surface area contributed by atoms with Crippen LogP contribution in [-0.2, 0) is 9.59 Å². The molecule has 2 amide bonds. The zero-order valence-corrected chi connectivity index (χ0v) is 14.5. The van der Waals surface area contributed by atoms with Crippen molar-refractivity contribution in [1.29, 1.82) is 5.26 Å². The summed E-state index contributed by atoms with van der Waals surface area (Å²) in [6.07, 6.45) is 0.125. The van der Waals surface area contributed by atoms with Gasteiger partial charge >= 0.3 is 0 Å². The van der Waals surface area contributed by atoms with Crippen molar-refractivity contribution < 1.29 is 9.59 Å². The van der Waals surface area contributed by atoms with Crippen LogP contribution in [0.5, 0.6) is 0 Å². The minimum Gasteiger partial charge on any atom is -0.326 e. The fourth-order valence-electron chi connectivity index (χ4n) is 2.72. The average Bonchev–Trinajstić information content (AvgIpc) is 2.96. The highest BCUT2D eigenvalue weighted by atomic mass is 35.5. The van der Waals surface area contributed by atoms with Crippen LogP contribution in [0, 0.1) is 17.2 Å². The van der Waals surface area contributed by atoms with Crippen molar-refractivity contribution >= 4 is 46.4 Å².